The summed E-state index contributed by atoms with van der Waals surface area (Å²) in [4.78, 5) is 2.39. The van der Waals surface area contributed by atoms with Gasteiger partial charge < -0.3 is 4.90 Å². The van der Waals surface area contributed by atoms with Crippen LogP contribution in [0.1, 0.15) is 48.9 Å². The van der Waals surface area contributed by atoms with Crippen LogP contribution in [0.15, 0.2) is 249 Å². The van der Waals surface area contributed by atoms with E-state index in [-0.39, 0.29) is 5.41 Å². The quantitative estimate of drug-likeness (QED) is 0.0976. The van der Waals surface area contributed by atoms with E-state index in [0.717, 1.165) is 24.2 Å². The van der Waals surface area contributed by atoms with Crippen LogP contribution < -0.4 is 4.90 Å². The molecule has 342 valence electrons. The standard InChI is InChI=1S/C71H53N/c1-3-71(4-2)66-45-48(38-42-60(66)61-44-41-54(46-67(61)71)72(52-27-13-7-14-28-52)53-29-15-8-16-30-53)37-39-50-40-43-59(56-32-18-17-31-55(50)56)65-47-64(49-23-9-5-10-24-49)69-62-35-21-19-33-57(62)58-34-20-22-36-63(58)70(69)68(65)51-25-11-6-12-26-51/h5-47H,3-4H2,1-2H3/b39-37+. The van der Waals surface area contributed by atoms with Crippen LogP contribution in [0, 0.1) is 0 Å². The van der Waals surface area contributed by atoms with Crippen LogP contribution >= 0.6 is 0 Å². The van der Waals surface area contributed by atoms with Crippen LogP contribution in [0.3, 0.4) is 0 Å². The fourth-order valence-corrected chi connectivity index (χ4v) is 12.3. The van der Waals surface area contributed by atoms with E-state index in [4.69, 9.17) is 0 Å². The lowest BCUT2D eigenvalue weighted by Crippen LogP contribution is -2.23. The first-order chi connectivity index (χ1) is 35.6. The molecule has 0 unspecified atom stereocenters. The Morgan fingerprint density at radius 2 is 0.819 bits per heavy atom. The SMILES string of the molecule is CCC1(CC)c2cc(/C=C/c3ccc(-c4cc(-c5ccccc5)c5c6ccccc6c6ccccc6c5c4-c4ccccc4)c4ccccc34)ccc2-c2ccc(N(c3ccccc3)c3ccccc3)cc21. The van der Waals surface area contributed by atoms with Crippen LogP contribution in [0.5, 0.6) is 0 Å². The molecular formula is C71H53N. The summed E-state index contributed by atoms with van der Waals surface area (Å²) in [5.41, 5.74) is 18.7. The van der Waals surface area contributed by atoms with Gasteiger partial charge in [-0.1, -0.05) is 232 Å². The molecule has 0 atom stereocenters. The summed E-state index contributed by atoms with van der Waals surface area (Å²) >= 11 is 0. The van der Waals surface area contributed by atoms with Crippen molar-refractivity contribution < 1.29 is 0 Å². The Balaban J connectivity index is 0.952. The molecular weight excluding hydrogens is 867 g/mol. The summed E-state index contributed by atoms with van der Waals surface area (Å²) < 4.78 is 0. The molecule has 1 heteroatoms. The zero-order chi connectivity index (χ0) is 48.2. The van der Waals surface area contributed by atoms with E-state index in [0.29, 0.717) is 0 Å². The van der Waals surface area contributed by atoms with Gasteiger partial charge in [-0.2, -0.15) is 0 Å². The predicted molar refractivity (Wildman–Crippen MR) is 310 cm³/mol. The molecule has 0 amide bonds. The summed E-state index contributed by atoms with van der Waals surface area (Å²) in [6.07, 6.45) is 6.69. The van der Waals surface area contributed by atoms with Crippen molar-refractivity contribution in [2.24, 2.45) is 0 Å². The Kier molecular flexibility index (Phi) is 10.7. The molecule has 72 heavy (non-hydrogen) atoms. The fourth-order valence-electron chi connectivity index (χ4n) is 12.3. The summed E-state index contributed by atoms with van der Waals surface area (Å²) in [5.74, 6) is 0. The zero-order valence-electron chi connectivity index (χ0n) is 40.7. The lowest BCUT2D eigenvalue weighted by Gasteiger charge is -2.32. The number of hydrogen-bond donors (Lipinski definition) is 0. The monoisotopic (exact) mass is 919 g/mol. The minimum Gasteiger partial charge on any atom is -0.310 e. The van der Waals surface area contributed by atoms with Crippen molar-refractivity contribution in [2.75, 3.05) is 4.90 Å². The summed E-state index contributed by atoms with van der Waals surface area (Å²) in [5, 5.41) is 10.1. The van der Waals surface area contributed by atoms with Gasteiger partial charge in [0.25, 0.3) is 0 Å². The minimum atomic E-state index is -0.107. The lowest BCUT2D eigenvalue weighted by molar-refractivity contribution is 0.490. The second-order valence-electron chi connectivity index (χ2n) is 19.3. The largest absolute Gasteiger partial charge is 0.310 e. The molecule has 0 saturated heterocycles. The molecule has 12 aromatic rings. The molecule has 0 aromatic heterocycles. The molecule has 0 aliphatic heterocycles. The highest BCUT2D eigenvalue weighted by molar-refractivity contribution is 6.33. The topological polar surface area (TPSA) is 3.24 Å². The molecule has 0 bridgehead atoms. The van der Waals surface area contributed by atoms with E-state index < -0.39 is 0 Å². The molecule has 1 aliphatic carbocycles. The number of rotatable bonds is 10. The van der Waals surface area contributed by atoms with Gasteiger partial charge in [0.1, 0.15) is 0 Å². The Morgan fingerprint density at radius 3 is 1.43 bits per heavy atom. The van der Waals surface area contributed by atoms with Crippen molar-refractivity contribution in [3.05, 3.63) is 271 Å². The lowest BCUT2D eigenvalue weighted by atomic mass is 9.73. The maximum absolute atomic E-state index is 2.48. The van der Waals surface area contributed by atoms with Crippen molar-refractivity contribution in [1.82, 2.24) is 0 Å². The first-order valence-electron chi connectivity index (χ1n) is 25.5. The van der Waals surface area contributed by atoms with Crippen LogP contribution in [0.25, 0.3) is 99.7 Å². The highest BCUT2D eigenvalue weighted by Crippen LogP contribution is 2.55. The molecule has 0 spiro atoms. The number of hydrogen-bond acceptors (Lipinski definition) is 1. The van der Waals surface area contributed by atoms with Gasteiger partial charge in [0.2, 0.25) is 0 Å². The van der Waals surface area contributed by atoms with Crippen molar-refractivity contribution in [3.63, 3.8) is 0 Å². The number of nitrogens with zero attached hydrogens (tertiary/aromatic N) is 1. The van der Waals surface area contributed by atoms with Gasteiger partial charge in [-0.05, 0) is 165 Å². The maximum atomic E-state index is 2.48. The van der Waals surface area contributed by atoms with E-state index in [2.05, 4.69) is 280 Å². The highest BCUT2D eigenvalue weighted by Gasteiger charge is 2.41. The average molecular weight is 920 g/mol. The summed E-state index contributed by atoms with van der Waals surface area (Å²) in [6, 6.07) is 92.0. The van der Waals surface area contributed by atoms with Gasteiger partial charge in [0.05, 0.1) is 0 Å². The summed E-state index contributed by atoms with van der Waals surface area (Å²) in [6.45, 7) is 4.73. The highest BCUT2D eigenvalue weighted by atomic mass is 15.1. The van der Waals surface area contributed by atoms with E-state index >= 15 is 0 Å². The first kappa shape index (κ1) is 43.3. The third kappa shape index (κ3) is 6.99. The third-order valence-electron chi connectivity index (χ3n) is 15.7. The summed E-state index contributed by atoms with van der Waals surface area (Å²) in [7, 11) is 0. The Hall–Kier alpha value is -8.78. The number of anilines is 3. The van der Waals surface area contributed by atoms with Gasteiger partial charge in [-0.3, -0.25) is 0 Å². The van der Waals surface area contributed by atoms with Crippen LogP contribution in [-0.4, -0.2) is 0 Å². The van der Waals surface area contributed by atoms with Gasteiger partial charge in [0.15, 0.2) is 0 Å². The van der Waals surface area contributed by atoms with E-state index in [9.17, 15) is 0 Å². The third-order valence-corrected chi connectivity index (χ3v) is 15.7. The molecule has 0 saturated carbocycles. The first-order valence-corrected chi connectivity index (χ1v) is 25.5. The molecule has 1 nitrogen and oxygen atoms in total. The van der Waals surface area contributed by atoms with Crippen LogP contribution in [0.2, 0.25) is 0 Å². The maximum Gasteiger partial charge on any atom is 0.0465 e. The Bertz CT molecular complexity index is 4000. The molecule has 1 aliphatic rings. The molecule has 12 aromatic carbocycles. The normalized spacial score (nSPS) is 12.8. The molecule has 0 N–H and O–H groups in total. The van der Waals surface area contributed by atoms with Gasteiger partial charge in [-0.15, -0.1) is 0 Å². The average Bonchev–Trinajstić information content (AvgIpc) is 3.73. The number of para-hydroxylation sites is 2. The number of fused-ring (bicyclic) bond motifs is 10. The second kappa shape index (κ2) is 17.9. The van der Waals surface area contributed by atoms with Crippen molar-refractivity contribution in [3.8, 4) is 44.5 Å². The number of benzene rings is 12. The van der Waals surface area contributed by atoms with Crippen molar-refractivity contribution >= 4 is 72.3 Å². The van der Waals surface area contributed by atoms with E-state index in [1.165, 1.54) is 116 Å². The zero-order valence-corrected chi connectivity index (χ0v) is 40.7. The smallest absolute Gasteiger partial charge is 0.0465 e. The molecule has 13 rings (SSSR count). The van der Waals surface area contributed by atoms with Gasteiger partial charge in [0, 0.05) is 22.5 Å². The van der Waals surface area contributed by atoms with Crippen LogP contribution in [-0.2, 0) is 5.41 Å². The Morgan fingerprint density at radius 1 is 0.333 bits per heavy atom. The van der Waals surface area contributed by atoms with Crippen molar-refractivity contribution in [2.45, 2.75) is 32.1 Å². The fraction of sp³-hybridized carbons (Fsp3) is 0.0704. The molecule has 0 fully saturated rings. The minimum absolute atomic E-state index is 0.107. The predicted octanol–water partition coefficient (Wildman–Crippen LogP) is 20.0. The van der Waals surface area contributed by atoms with Gasteiger partial charge in [-0.25, -0.2) is 0 Å². The molecule has 0 radical (unpaired) electrons. The van der Waals surface area contributed by atoms with E-state index in [1.807, 2.05) is 0 Å². The van der Waals surface area contributed by atoms with Gasteiger partial charge >= 0.3 is 0 Å². The Labute approximate surface area is 422 Å². The molecule has 0 heterocycles. The van der Waals surface area contributed by atoms with Crippen LogP contribution in [0.4, 0.5) is 17.1 Å². The second-order valence-corrected chi connectivity index (χ2v) is 19.3. The van der Waals surface area contributed by atoms with E-state index in [1.54, 1.807) is 0 Å². The van der Waals surface area contributed by atoms with Crippen molar-refractivity contribution in [1.29, 1.82) is 0 Å².